The van der Waals surface area contributed by atoms with E-state index in [4.69, 9.17) is 16.3 Å². The highest BCUT2D eigenvalue weighted by Crippen LogP contribution is 2.28. The topological polar surface area (TPSA) is 38.3 Å². The number of benzene rings is 1. The van der Waals surface area contributed by atoms with Gasteiger partial charge in [0.15, 0.2) is 0 Å². The molecule has 0 saturated heterocycles. The van der Waals surface area contributed by atoms with E-state index in [1.54, 1.807) is 6.07 Å². The summed E-state index contributed by atoms with van der Waals surface area (Å²) in [5.41, 5.74) is 0.634. The molecule has 1 saturated carbocycles. The molecule has 1 aromatic rings. The summed E-state index contributed by atoms with van der Waals surface area (Å²) in [4.78, 5) is 12.2. The Morgan fingerprint density at radius 3 is 2.86 bits per heavy atom. The zero-order valence-corrected chi connectivity index (χ0v) is 13.5. The zero-order chi connectivity index (χ0) is 15.2. The number of rotatable bonds is 5. The molecule has 1 amide bonds. The first-order valence-corrected chi connectivity index (χ1v) is 8.19. The van der Waals surface area contributed by atoms with Gasteiger partial charge in [0.1, 0.15) is 5.75 Å². The second-order valence-electron chi connectivity index (χ2n) is 5.96. The van der Waals surface area contributed by atoms with Crippen LogP contribution in [0.15, 0.2) is 24.3 Å². The van der Waals surface area contributed by atoms with Crippen LogP contribution in [0.4, 0.5) is 0 Å². The second-order valence-corrected chi connectivity index (χ2v) is 6.53. The van der Waals surface area contributed by atoms with Gasteiger partial charge in [0.2, 0.25) is 0 Å². The van der Waals surface area contributed by atoms with Crippen molar-refractivity contribution in [2.24, 2.45) is 5.92 Å². The third kappa shape index (κ3) is 4.92. The quantitative estimate of drug-likeness (QED) is 0.835. The third-order valence-corrected chi connectivity index (χ3v) is 4.38. The predicted octanol–water partition coefficient (Wildman–Crippen LogP) is 4.00. The van der Waals surface area contributed by atoms with Gasteiger partial charge in [-0.15, -0.1) is 11.6 Å². The fourth-order valence-corrected chi connectivity index (χ4v) is 3.07. The number of carbonyl (C=O) groups excluding carboxylic acids is 1. The minimum Gasteiger partial charge on any atom is -0.491 e. The largest absolute Gasteiger partial charge is 0.491 e. The van der Waals surface area contributed by atoms with Crippen molar-refractivity contribution in [3.63, 3.8) is 0 Å². The van der Waals surface area contributed by atoms with Crippen molar-refractivity contribution in [2.75, 3.05) is 6.54 Å². The molecule has 3 nitrogen and oxygen atoms in total. The van der Waals surface area contributed by atoms with Crippen LogP contribution in [-0.2, 0) is 0 Å². The van der Waals surface area contributed by atoms with Crippen LogP contribution in [0.1, 0.15) is 49.9 Å². The highest BCUT2D eigenvalue weighted by atomic mass is 35.5. The summed E-state index contributed by atoms with van der Waals surface area (Å²) >= 11 is 6.32. The summed E-state index contributed by atoms with van der Waals surface area (Å²) in [6.07, 6.45) is 4.67. The van der Waals surface area contributed by atoms with Gasteiger partial charge < -0.3 is 10.1 Å². The van der Waals surface area contributed by atoms with Crippen LogP contribution in [0, 0.1) is 5.92 Å². The van der Waals surface area contributed by atoms with E-state index in [9.17, 15) is 4.79 Å². The molecule has 1 aliphatic rings. The van der Waals surface area contributed by atoms with E-state index in [0.717, 1.165) is 18.6 Å². The average molecular weight is 310 g/mol. The number of hydrogen-bond donors (Lipinski definition) is 1. The Labute approximate surface area is 132 Å². The maximum absolute atomic E-state index is 12.2. The lowest BCUT2D eigenvalue weighted by atomic mass is 9.88. The second kappa shape index (κ2) is 7.69. The van der Waals surface area contributed by atoms with Gasteiger partial charge in [0.05, 0.1) is 6.10 Å². The van der Waals surface area contributed by atoms with Crippen LogP contribution in [0.5, 0.6) is 5.75 Å². The minimum absolute atomic E-state index is 0.0568. The average Bonchev–Trinajstić information content (AvgIpc) is 2.45. The van der Waals surface area contributed by atoms with E-state index in [2.05, 4.69) is 5.32 Å². The number of nitrogens with one attached hydrogen (secondary N) is 1. The Morgan fingerprint density at radius 2 is 2.14 bits per heavy atom. The van der Waals surface area contributed by atoms with Gasteiger partial charge in [0, 0.05) is 17.5 Å². The molecule has 21 heavy (non-hydrogen) atoms. The number of ether oxygens (including phenoxy) is 1. The van der Waals surface area contributed by atoms with Crippen LogP contribution in [0.25, 0.3) is 0 Å². The molecule has 4 heteroatoms. The molecule has 2 unspecified atom stereocenters. The van der Waals surface area contributed by atoms with Crippen molar-refractivity contribution < 1.29 is 9.53 Å². The van der Waals surface area contributed by atoms with Crippen molar-refractivity contribution in [3.05, 3.63) is 29.8 Å². The number of hydrogen-bond acceptors (Lipinski definition) is 2. The Balaban J connectivity index is 1.90. The molecule has 1 N–H and O–H groups in total. The van der Waals surface area contributed by atoms with Crippen molar-refractivity contribution in [1.82, 2.24) is 5.32 Å². The minimum atomic E-state index is -0.0568. The SMILES string of the molecule is CC(C)Oc1cccc(C(=O)NCC2CCCCC2Cl)c1. The number of amides is 1. The van der Waals surface area contributed by atoms with E-state index in [1.165, 1.54) is 12.8 Å². The number of carbonyl (C=O) groups is 1. The first kappa shape index (κ1) is 16.2. The van der Waals surface area contributed by atoms with E-state index in [1.807, 2.05) is 32.0 Å². The smallest absolute Gasteiger partial charge is 0.251 e. The summed E-state index contributed by atoms with van der Waals surface area (Å²) < 4.78 is 5.62. The normalized spacial score (nSPS) is 22.1. The molecule has 0 bridgehead atoms. The van der Waals surface area contributed by atoms with Crippen LogP contribution in [-0.4, -0.2) is 23.9 Å². The van der Waals surface area contributed by atoms with Crippen molar-refractivity contribution >= 4 is 17.5 Å². The predicted molar refractivity (Wildman–Crippen MR) is 86.1 cm³/mol. The molecular formula is C17H24ClNO2. The summed E-state index contributed by atoms with van der Waals surface area (Å²) in [6, 6.07) is 7.31. The fourth-order valence-electron chi connectivity index (χ4n) is 2.70. The van der Waals surface area contributed by atoms with Gasteiger partial charge in [-0.05, 0) is 50.8 Å². The van der Waals surface area contributed by atoms with Crippen LogP contribution in [0.3, 0.4) is 0 Å². The van der Waals surface area contributed by atoms with Gasteiger partial charge in [-0.25, -0.2) is 0 Å². The molecule has 0 heterocycles. The molecule has 0 radical (unpaired) electrons. The first-order chi connectivity index (χ1) is 10.1. The standard InChI is InChI=1S/C17H24ClNO2/c1-12(2)21-15-8-5-7-13(10-15)17(20)19-11-14-6-3-4-9-16(14)18/h5,7-8,10,12,14,16H,3-4,6,9,11H2,1-2H3,(H,19,20). The molecular weight excluding hydrogens is 286 g/mol. The summed E-state index contributed by atoms with van der Waals surface area (Å²) in [6.45, 7) is 4.59. The molecule has 0 spiro atoms. The molecule has 2 rings (SSSR count). The van der Waals surface area contributed by atoms with Crippen LogP contribution >= 0.6 is 11.6 Å². The third-order valence-electron chi connectivity index (χ3n) is 3.81. The number of alkyl halides is 1. The van der Waals surface area contributed by atoms with Crippen molar-refractivity contribution in [3.8, 4) is 5.75 Å². The lowest BCUT2D eigenvalue weighted by Crippen LogP contribution is -2.34. The molecule has 2 atom stereocenters. The summed E-state index contributed by atoms with van der Waals surface area (Å²) in [5.74, 6) is 1.06. The lowest BCUT2D eigenvalue weighted by Gasteiger charge is -2.27. The fraction of sp³-hybridized carbons (Fsp3) is 0.588. The Bertz CT molecular complexity index is 476. The van der Waals surface area contributed by atoms with Gasteiger partial charge in [0.25, 0.3) is 5.91 Å². The van der Waals surface area contributed by atoms with E-state index >= 15 is 0 Å². The summed E-state index contributed by atoms with van der Waals surface area (Å²) in [7, 11) is 0. The number of halogens is 1. The molecule has 0 aliphatic heterocycles. The van der Waals surface area contributed by atoms with Crippen LogP contribution in [0.2, 0.25) is 0 Å². The van der Waals surface area contributed by atoms with Crippen LogP contribution < -0.4 is 10.1 Å². The summed E-state index contributed by atoms with van der Waals surface area (Å²) in [5, 5.41) is 3.19. The maximum atomic E-state index is 12.2. The Hall–Kier alpha value is -1.22. The van der Waals surface area contributed by atoms with Crippen molar-refractivity contribution in [1.29, 1.82) is 0 Å². The van der Waals surface area contributed by atoms with E-state index in [0.29, 0.717) is 18.0 Å². The first-order valence-electron chi connectivity index (χ1n) is 7.75. The van der Waals surface area contributed by atoms with Gasteiger partial charge >= 0.3 is 0 Å². The van der Waals surface area contributed by atoms with Gasteiger partial charge in [-0.3, -0.25) is 4.79 Å². The van der Waals surface area contributed by atoms with Crippen molar-refractivity contribution in [2.45, 2.75) is 51.0 Å². The molecule has 1 aromatic carbocycles. The van der Waals surface area contributed by atoms with E-state index in [-0.39, 0.29) is 17.4 Å². The Morgan fingerprint density at radius 1 is 1.38 bits per heavy atom. The zero-order valence-electron chi connectivity index (χ0n) is 12.8. The van der Waals surface area contributed by atoms with Gasteiger partial charge in [-0.1, -0.05) is 18.9 Å². The lowest BCUT2D eigenvalue weighted by molar-refractivity contribution is 0.0943. The molecule has 0 aromatic heterocycles. The van der Waals surface area contributed by atoms with E-state index < -0.39 is 0 Å². The molecule has 1 aliphatic carbocycles. The van der Waals surface area contributed by atoms with Gasteiger partial charge in [-0.2, -0.15) is 0 Å². The Kier molecular flexibility index (Phi) is 5.92. The highest BCUT2D eigenvalue weighted by Gasteiger charge is 2.23. The molecule has 116 valence electrons. The molecule has 1 fully saturated rings. The monoisotopic (exact) mass is 309 g/mol. The maximum Gasteiger partial charge on any atom is 0.251 e. The highest BCUT2D eigenvalue weighted by molar-refractivity contribution is 6.20.